The second-order valence-electron chi connectivity index (χ2n) is 5.87. The lowest BCUT2D eigenvalue weighted by atomic mass is 10.3. The number of piperazine rings is 1. The van der Waals surface area contributed by atoms with E-state index in [0.717, 1.165) is 11.3 Å². The molecule has 0 spiro atoms. The van der Waals surface area contributed by atoms with Crippen LogP contribution in [0.2, 0.25) is 0 Å². The number of hydrogen-bond donors (Lipinski definition) is 1. The van der Waals surface area contributed by atoms with E-state index in [0.29, 0.717) is 43.7 Å². The predicted octanol–water partition coefficient (Wildman–Crippen LogP) is 0.719. The van der Waals surface area contributed by atoms with Crippen LogP contribution >= 0.6 is 11.3 Å². The summed E-state index contributed by atoms with van der Waals surface area (Å²) in [7, 11) is -2.11. The largest absolute Gasteiger partial charge is 0.481 e. The highest BCUT2D eigenvalue weighted by Gasteiger charge is 2.31. The number of thiazole rings is 1. The molecule has 1 N–H and O–H groups in total. The fraction of sp³-hybridized carbons (Fsp3) is 0.467. The van der Waals surface area contributed by atoms with E-state index in [1.165, 1.54) is 17.4 Å². The molecule has 0 aromatic carbocycles. The summed E-state index contributed by atoms with van der Waals surface area (Å²) in [6.45, 7) is 4.76. The number of methoxy groups -OCH3 is 1. The highest BCUT2D eigenvalue weighted by molar-refractivity contribution is 7.91. The van der Waals surface area contributed by atoms with Gasteiger partial charge >= 0.3 is 0 Å². The van der Waals surface area contributed by atoms with Crippen LogP contribution in [-0.4, -0.2) is 66.9 Å². The van der Waals surface area contributed by atoms with E-state index in [1.54, 1.807) is 20.1 Å². The molecule has 0 aliphatic carbocycles. The Bertz CT molecular complexity index is 938. The van der Waals surface area contributed by atoms with Gasteiger partial charge in [-0.2, -0.15) is 9.29 Å². The molecule has 146 valence electrons. The molecular formula is C15H20N6O4S2. The normalized spacial score (nSPS) is 15.6. The van der Waals surface area contributed by atoms with Crippen LogP contribution in [0.3, 0.4) is 0 Å². The van der Waals surface area contributed by atoms with Crippen molar-refractivity contribution in [1.29, 1.82) is 0 Å². The quantitative estimate of drug-likeness (QED) is 0.763. The van der Waals surface area contributed by atoms with Crippen molar-refractivity contribution < 1.29 is 17.9 Å². The molecule has 10 nitrogen and oxygen atoms in total. The molecule has 2 aromatic rings. The topological polar surface area (TPSA) is 118 Å². The van der Waals surface area contributed by atoms with Gasteiger partial charge < -0.3 is 15.0 Å². The smallest absolute Gasteiger partial charge is 0.254 e. The number of carbonyl (C=O) groups excluding carboxylic acids is 1. The van der Waals surface area contributed by atoms with Crippen LogP contribution in [0, 0.1) is 6.92 Å². The maximum absolute atomic E-state index is 12.8. The first-order valence-corrected chi connectivity index (χ1v) is 10.4. The molecule has 1 fully saturated rings. The number of aryl methyl sites for hydroxylation is 1. The molecular weight excluding hydrogens is 392 g/mol. The summed E-state index contributed by atoms with van der Waals surface area (Å²) in [5.41, 5.74) is 0. The molecule has 0 saturated carbocycles. The third-order valence-corrected chi connectivity index (χ3v) is 7.18. The summed E-state index contributed by atoms with van der Waals surface area (Å²) in [5, 5.41) is 2.76. The maximum Gasteiger partial charge on any atom is 0.254 e. The van der Waals surface area contributed by atoms with Gasteiger partial charge in [0.2, 0.25) is 11.8 Å². The number of amides is 1. The highest BCUT2D eigenvalue weighted by Crippen LogP contribution is 2.27. The summed E-state index contributed by atoms with van der Waals surface area (Å²) in [4.78, 5) is 25.6. The van der Waals surface area contributed by atoms with Gasteiger partial charge in [-0.15, -0.1) is 0 Å². The van der Waals surface area contributed by atoms with Crippen LogP contribution in [0.5, 0.6) is 5.88 Å². The van der Waals surface area contributed by atoms with Gasteiger partial charge in [0, 0.05) is 39.2 Å². The Morgan fingerprint density at radius 3 is 2.59 bits per heavy atom. The molecule has 3 rings (SSSR count). The summed E-state index contributed by atoms with van der Waals surface area (Å²) >= 11 is 0.942. The molecule has 1 aliphatic heterocycles. The third kappa shape index (κ3) is 4.34. The van der Waals surface area contributed by atoms with Crippen molar-refractivity contribution in [3.05, 3.63) is 18.1 Å². The Labute approximate surface area is 161 Å². The molecule has 12 heteroatoms. The molecule has 1 saturated heterocycles. The predicted molar refractivity (Wildman–Crippen MR) is 101 cm³/mol. The van der Waals surface area contributed by atoms with Crippen molar-refractivity contribution >= 4 is 38.2 Å². The number of nitrogens with zero attached hydrogens (tertiary/aromatic N) is 5. The fourth-order valence-corrected chi connectivity index (χ4v) is 5.32. The van der Waals surface area contributed by atoms with Crippen LogP contribution in [0.25, 0.3) is 0 Å². The number of nitrogens with one attached hydrogen (secondary N) is 1. The molecule has 0 bridgehead atoms. The first-order valence-electron chi connectivity index (χ1n) is 8.18. The lowest BCUT2D eigenvalue weighted by Gasteiger charge is -2.34. The standard InChI is InChI=1S/C15H20N6O4S2/c1-10-17-12(8-13(18-10)25-3)20-4-6-21(7-5-20)27(23,24)14-9-16-15(26-14)19-11(2)22/h8-9H,4-7H2,1-3H3,(H,16,19,22). The number of ether oxygens (including phenoxy) is 1. The van der Waals surface area contributed by atoms with Crippen LogP contribution in [0.4, 0.5) is 10.9 Å². The fourth-order valence-electron chi connectivity index (χ4n) is 2.66. The number of carbonyl (C=O) groups is 1. The molecule has 0 radical (unpaired) electrons. The van der Waals surface area contributed by atoms with Crippen molar-refractivity contribution in [1.82, 2.24) is 19.3 Å². The van der Waals surface area contributed by atoms with Gasteiger partial charge in [0.1, 0.15) is 11.6 Å². The van der Waals surface area contributed by atoms with E-state index < -0.39 is 10.0 Å². The molecule has 0 atom stereocenters. The van der Waals surface area contributed by atoms with Crippen molar-refractivity contribution in [2.75, 3.05) is 43.5 Å². The Balaban J connectivity index is 1.70. The number of aromatic nitrogens is 3. The van der Waals surface area contributed by atoms with Gasteiger partial charge in [0.05, 0.1) is 13.3 Å². The first-order chi connectivity index (χ1) is 12.8. The zero-order valence-corrected chi connectivity index (χ0v) is 16.8. The van der Waals surface area contributed by atoms with Gasteiger partial charge in [-0.1, -0.05) is 11.3 Å². The summed E-state index contributed by atoms with van der Waals surface area (Å²) in [6, 6.07) is 1.74. The second-order valence-corrected chi connectivity index (χ2v) is 9.07. The van der Waals surface area contributed by atoms with E-state index in [-0.39, 0.29) is 15.2 Å². The highest BCUT2D eigenvalue weighted by atomic mass is 32.2. The molecule has 1 amide bonds. The molecule has 27 heavy (non-hydrogen) atoms. The molecule has 1 aliphatic rings. The Morgan fingerprint density at radius 2 is 1.96 bits per heavy atom. The Kier molecular flexibility index (Phi) is 5.58. The van der Waals surface area contributed by atoms with E-state index in [1.807, 2.05) is 4.90 Å². The summed E-state index contributed by atoms with van der Waals surface area (Å²) in [5.74, 6) is 1.48. The minimum absolute atomic E-state index is 0.110. The van der Waals surface area contributed by atoms with Gasteiger partial charge in [-0.3, -0.25) is 4.79 Å². The lowest BCUT2D eigenvalue weighted by molar-refractivity contribution is -0.114. The van der Waals surface area contributed by atoms with Crippen molar-refractivity contribution in [2.24, 2.45) is 0 Å². The van der Waals surface area contributed by atoms with E-state index in [4.69, 9.17) is 4.74 Å². The summed E-state index contributed by atoms with van der Waals surface area (Å²) < 4.78 is 32.3. The van der Waals surface area contributed by atoms with Crippen LogP contribution in [-0.2, 0) is 14.8 Å². The van der Waals surface area contributed by atoms with E-state index in [9.17, 15) is 13.2 Å². The SMILES string of the molecule is COc1cc(N2CCN(S(=O)(=O)c3cnc(NC(C)=O)s3)CC2)nc(C)n1. The van der Waals surface area contributed by atoms with Gasteiger partial charge in [0.25, 0.3) is 10.0 Å². The lowest BCUT2D eigenvalue weighted by Crippen LogP contribution is -2.48. The number of sulfonamides is 1. The van der Waals surface area contributed by atoms with E-state index >= 15 is 0 Å². The van der Waals surface area contributed by atoms with Crippen molar-refractivity contribution in [2.45, 2.75) is 18.1 Å². The van der Waals surface area contributed by atoms with Gasteiger partial charge in [-0.05, 0) is 6.92 Å². The number of hydrogen-bond acceptors (Lipinski definition) is 9. The number of anilines is 2. The molecule has 3 heterocycles. The van der Waals surface area contributed by atoms with Crippen LogP contribution in [0.1, 0.15) is 12.7 Å². The van der Waals surface area contributed by atoms with Gasteiger partial charge in [0.15, 0.2) is 9.34 Å². The number of rotatable bonds is 5. The minimum Gasteiger partial charge on any atom is -0.481 e. The zero-order valence-electron chi connectivity index (χ0n) is 15.2. The minimum atomic E-state index is -3.65. The average Bonchev–Trinajstić information content (AvgIpc) is 3.10. The Morgan fingerprint density at radius 1 is 1.26 bits per heavy atom. The monoisotopic (exact) mass is 412 g/mol. The van der Waals surface area contributed by atoms with Crippen LogP contribution < -0.4 is 15.0 Å². The zero-order chi connectivity index (χ0) is 19.6. The Hall–Kier alpha value is -2.31. The average molecular weight is 412 g/mol. The third-order valence-electron chi connectivity index (χ3n) is 3.93. The molecule has 2 aromatic heterocycles. The van der Waals surface area contributed by atoms with Crippen molar-refractivity contribution in [3.63, 3.8) is 0 Å². The molecule has 0 unspecified atom stereocenters. The van der Waals surface area contributed by atoms with Crippen LogP contribution in [0.15, 0.2) is 16.5 Å². The second kappa shape index (κ2) is 7.74. The summed E-state index contributed by atoms with van der Waals surface area (Å²) in [6.07, 6.45) is 1.27. The maximum atomic E-state index is 12.8. The first kappa shape index (κ1) is 19.5. The van der Waals surface area contributed by atoms with Crippen molar-refractivity contribution in [3.8, 4) is 5.88 Å². The van der Waals surface area contributed by atoms with Gasteiger partial charge in [-0.25, -0.2) is 18.4 Å². The van der Waals surface area contributed by atoms with E-state index in [2.05, 4.69) is 20.3 Å².